The first kappa shape index (κ1) is 15.1. The molecule has 0 aliphatic rings. The van der Waals surface area contributed by atoms with E-state index in [0.29, 0.717) is 6.04 Å². The summed E-state index contributed by atoms with van der Waals surface area (Å²) in [5.74, 6) is 0.0410. The van der Waals surface area contributed by atoms with Crippen LogP contribution in [0.3, 0.4) is 0 Å². The van der Waals surface area contributed by atoms with E-state index in [1.54, 1.807) is 11.8 Å². The molecule has 1 aromatic heterocycles. The lowest BCUT2D eigenvalue weighted by atomic mass is 10.2. The van der Waals surface area contributed by atoms with Gasteiger partial charge in [-0.2, -0.15) is 16.9 Å². The van der Waals surface area contributed by atoms with Gasteiger partial charge in [-0.05, 0) is 18.9 Å². The molecule has 5 heteroatoms. The monoisotopic (exact) mass is 270 g/mol. The molecule has 0 aromatic carbocycles. The number of carboxylic acid groups (broad SMARTS) is 1. The minimum absolute atomic E-state index is 0.126. The van der Waals surface area contributed by atoms with E-state index in [-0.39, 0.29) is 11.7 Å². The Morgan fingerprint density at radius 2 is 2.17 bits per heavy atom. The average molecular weight is 270 g/mol. The number of carboxylic acids is 1. The van der Waals surface area contributed by atoms with Crippen molar-refractivity contribution in [2.45, 2.75) is 57.1 Å². The molecule has 1 heterocycles. The predicted molar refractivity (Wildman–Crippen MR) is 74.9 cm³/mol. The maximum Gasteiger partial charge on any atom is 0.304 e. The van der Waals surface area contributed by atoms with E-state index in [4.69, 9.17) is 5.11 Å². The number of thioether (sulfide) groups is 1. The van der Waals surface area contributed by atoms with E-state index in [0.717, 1.165) is 24.3 Å². The lowest BCUT2D eigenvalue weighted by molar-refractivity contribution is -0.136. The molecular weight excluding hydrogens is 248 g/mol. The SMILES string of the molecule is CCC(CC)n1ccc(CSC(C)CC(=O)O)n1. The standard InChI is InChI=1S/C13H22N2O2S/c1-4-12(5-2)15-7-6-11(14-15)9-18-10(3)8-13(16)17/h6-7,10,12H,4-5,8-9H2,1-3H3,(H,16,17). The molecule has 1 atom stereocenters. The minimum atomic E-state index is -0.738. The molecule has 0 aliphatic heterocycles. The summed E-state index contributed by atoms with van der Waals surface area (Å²) in [5.41, 5.74) is 1.03. The number of aliphatic carboxylic acids is 1. The summed E-state index contributed by atoms with van der Waals surface area (Å²) in [6, 6.07) is 2.50. The van der Waals surface area contributed by atoms with Gasteiger partial charge in [0.15, 0.2) is 0 Å². The van der Waals surface area contributed by atoms with Crippen LogP contribution in [-0.2, 0) is 10.5 Å². The maximum absolute atomic E-state index is 10.6. The van der Waals surface area contributed by atoms with Gasteiger partial charge in [0.2, 0.25) is 0 Å². The van der Waals surface area contributed by atoms with E-state index in [1.165, 1.54) is 0 Å². The topological polar surface area (TPSA) is 55.1 Å². The number of nitrogens with zero attached hydrogens (tertiary/aromatic N) is 2. The van der Waals surface area contributed by atoms with Crippen molar-refractivity contribution >= 4 is 17.7 Å². The quantitative estimate of drug-likeness (QED) is 0.787. The number of rotatable bonds is 8. The number of carbonyl (C=O) groups is 1. The molecular formula is C13H22N2O2S. The molecule has 1 rings (SSSR count). The van der Waals surface area contributed by atoms with Gasteiger partial charge >= 0.3 is 5.97 Å². The van der Waals surface area contributed by atoms with Crippen molar-refractivity contribution in [1.29, 1.82) is 0 Å². The van der Waals surface area contributed by atoms with Crippen molar-refractivity contribution in [2.75, 3.05) is 0 Å². The summed E-state index contributed by atoms with van der Waals surface area (Å²) < 4.78 is 2.03. The van der Waals surface area contributed by atoms with Gasteiger partial charge in [0.05, 0.1) is 18.2 Å². The number of aromatic nitrogens is 2. The lowest BCUT2D eigenvalue weighted by Gasteiger charge is -2.12. The van der Waals surface area contributed by atoms with Crippen molar-refractivity contribution in [3.05, 3.63) is 18.0 Å². The smallest absolute Gasteiger partial charge is 0.304 e. The van der Waals surface area contributed by atoms with Crippen LogP contribution >= 0.6 is 11.8 Å². The highest BCUT2D eigenvalue weighted by molar-refractivity contribution is 7.99. The third kappa shape index (κ3) is 4.72. The second kappa shape index (κ2) is 7.46. The first-order chi connectivity index (χ1) is 8.56. The van der Waals surface area contributed by atoms with E-state index in [2.05, 4.69) is 18.9 Å². The second-order valence-electron chi connectivity index (χ2n) is 4.48. The Kier molecular flexibility index (Phi) is 6.25. The molecule has 1 N–H and O–H groups in total. The fraction of sp³-hybridized carbons (Fsp3) is 0.692. The molecule has 102 valence electrons. The summed E-state index contributed by atoms with van der Waals surface area (Å²) in [5, 5.41) is 13.4. The van der Waals surface area contributed by atoms with Crippen LogP contribution in [0.2, 0.25) is 0 Å². The molecule has 0 saturated carbocycles. The summed E-state index contributed by atoms with van der Waals surface area (Å²) in [4.78, 5) is 10.6. The van der Waals surface area contributed by atoms with Crippen molar-refractivity contribution in [1.82, 2.24) is 9.78 Å². The first-order valence-electron chi connectivity index (χ1n) is 6.44. The molecule has 0 radical (unpaired) electrons. The lowest BCUT2D eigenvalue weighted by Crippen LogP contribution is -2.08. The van der Waals surface area contributed by atoms with E-state index < -0.39 is 5.97 Å². The summed E-state index contributed by atoms with van der Waals surface area (Å²) in [7, 11) is 0. The predicted octanol–water partition coefficient (Wildman–Crippen LogP) is 3.34. The summed E-state index contributed by atoms with van der Waals surface area (Å²) in [6.07, 6.45) is 4.40. The third-order valence-electron chi connectivity index (χ3n) is 2.96. The van der Waals surface area contributed by atoms with Gasteiger partial charge in [-0.1, -0.05) is 20.8 Å². The Morgan fingerprint density at radius 3 is 2.72 bits per heavy atom. The highest BCUT2D eigenvalue weighted by atomic mass is 32.2. The van der Waals surface area contributed by atoms with Gasteiger partial charge in [-0.15, -0.1) is 0 Å². The van der Waals surface area contributed by atoms with Gasteiger partial charge < -0.3 is 5.11 Å². The van der Waals surface area contributed by atoms with Crippen molar-refractivity contribution in [3.63, 3.8) is 0 Å². The van der Waals surface area contributed by atoms with Crippen LogP contribution in [-0.4, -0.2) is 26.1 Å². The van der Waals surface area contributed by atoms with Crippen LogP contribution in [0.5, 0.6) is 0 Å². The molecule has 0 bridgehead atoms. The van der Waals surface area contributed by atoms with Gasteiger partial charge in [0, 0.05) is 17.2 Å². The Labute approximate surface area is 113 Å². The minimum Gasteiger partial charge on any atom is -0.481 e. The molecule has 0 saturated heterocycles. The largest absolute Gasteiger partial charge is 0.481 e. The molecule has 4 nitrogen and oxygen atoms in total. The van der Waals surface area contributed by atoms with E-state index >= 15 is 0 Å². The molecule has 0 spiro atoms. The van der Waals surface area contributed by atoms with Crippen molar-refractivity contribution in [2.24, 2.45) is 0 Å². The third-order valence-corrected chi connectivity index (χ3v) is 4.16. The van der Waals surface area contributed by atoms with E-state index in [9.17, 15) is 4.79 Å². The molecule has 0 amide bonds. The number of hydrogen-bond acceptors (Lipinski definition) is 3. The van der Waals surface area contributed by atoms with Gasteiger partial charge in [0.1, 0.15) is 0 Å². The summed E-state index contributed by atoms with van der Waals surface area (Å²) in [6.45, 7) is 6.27. The first-order valence-corrected chi connectivity index (χ1v) is 7.49. The fourth-order valence-corrected chi connectivity index (χ4v) is 2.72. The average Bonchev–Trinajstić information content (AvgIpc) is 2.76. The van der Waals surface area contributed by atoms with Crippen molar-refractivity contribution in [3.8, 4) is 0 Å². The molecule has 18 heavy (non-hydrogen) atoms. The van der Waals surface area contributed by atoms with Crippen LogP contribution in [0.4, 0.5) is 0 Å². The maximum atomic E-state index is 10.6. The van der Waals surface area contributed by atoms with Crippen LogP contribution < -0.4 is 0 Å². The van der Waals surface area contributed by atoms with Crippen LogP contribution in [0, 0.1) is 0 Å². The molecule has 1 unspecified atom stereocenters. The Balaban J connectivity index is 2.46. The van der Waals surface area contributed by atoms with Crippen LogP contribution in [0.15, 0.2) is 12.3 Å². The van der Waals surface area contributed by atoms with Crippen LogP contribution in [0.25, 0.3) is 0 Å². The highest BCUT2D eigenvalue weighted by Crippen LogP contribution is 2.20. The Bertz CT molecular complexity index is 375. The zero-order valence-corrected chi connectivity index (χ0v) is 12.1. The van der Waals surface area contributed by atoms with Gasteiger partial charge in [-0.25, -0.2) is 0 Å². The van der Waals surface area contributed by atoms with Gasteiger partial charge in [-0.3, -0.25) is 9.48 Å². The molecule has 0 fully saturated rings. The molecule has 1 aromatic rings. The Hall–Kier alpha value is -0.970. The van der Waals surface area contributed by atoms with Crippen LogP contribution in [0.1, 0.15) is 51.8 Å². The molecule has 0 aliphatic carbocycles. The van der Waals surface area contributed by atoms with Gasteiger partial charge in [0.25, 0.3) is 0 Å². The van der Waals surface area contributed by atoms with Crippen molar-refractivity contribution < 1.29 is 9.90 Å². The van der Waals surface area contributed by atoms with E-state index in [1.807, 2.05) is 23.9 Å². The summed E-state index contributed by atoms with van der Waals surface area (Å²) >= 11 is 1.64. The zero-order chi connectivity index (χ0) is 13.5. The Morgan fingerprint density at radius 1 is 1.50 bits per heavy atom. The normalized spacial score (nSPS) is 12.9. The zero-order valence-electron chi connectivity index (χ0n) is 11.3. The highest BCUT2D eigenvalue weighted by Gasteiger charge is 2.11. The second-order valence-corrected chi connectivity index (χ2v) is 5.90. The number of hydrogen-bond donors (Lipinski definition) is 1. The fourth-order valence-electron chi connectivity index (χ4n) is 1.85.